The predicted octanol–water partition coefficient (Wildman–Crippen LogP) is 2.77. The van der Waals surface area contributed by atoms with E-state index in [0.717, 1.165) is 6.54 Å². The van der Waals surface area contributed by atoms with E-state index in [1.807, 2.05) is 18.8 Å². The molecule has 0 bridgehead atoms. The fourth-order valence-electron chi connectivity index (χ4n) is 1.36. The van der Waals surface area contributed by atoms with Gasteiger partial charge in [-0.1, -0.05) is 20.8 Å². The topological polar surface area (TPSA) is 12.0 Å². The van der Waals surface area contributed by atoms with E-state index in [1.54, 1.807) is 0 Å². The molecule has 0 aliphatic heterocycles. The maximum absolute atomic E-state index is 3.24. The number of thioether (sulfide) groups is 1. The zero-order chi connectivity index (χ0) is 9.45. The average molecular weight is 189 g/mol. The van der Waals surface area contributed by atoms with Gasteiger partial charge in [0.1, 0.15) is 0 Å². The van der Waals surface area contributed by atoms with Gasteiger partial charge in [-0.2, -0.15) is 11.8 Å². The lowest BCUT2D eigenvalue weighted by atomic mass is 9.88. The van der Waals surface area contributed by atoms with Crippen molar-refractivity contribution in [3.63, 3.8) is 0 Å². The highest BCUT2D eigenvalue weighted by molar-refractivity contribution is 7.99. The lowest BCUT2D eigenvalue weighted by molar-refractivity contribution is 0.322. The third kappa shape index (κ3) is 6.99. The second-order valence-electron chi connectivity index (χ2n) is 4.00. The molecule has 0 aromatic carbocycles. The molecular formula is C10H23NS. The Hall–Kier alpha value is 0.310. The Morgan fingerprint density at radius 2 is 2.00 bits per heavy atom. The first-order chi connectivity index (χ1) is 5.62. The van der Waals surface area contributed by atoms with Gasteiger partial charge in [0.15, 0.2) is 0 Å². The number of hydrogen-bond donors (Lipinski definition) is 1. The van der Waals surface area contributed by atoms with Gasteiger partial charge in [-0.25, -0.2) is 0 Å². The summed E-state index contributed by atoms with van der Waals surface area (Å²) in [5.41, 5.74) is 0.475. The SMILES string of the molecule is CCSCCCC(C)(C)CNC. The van der Waals surface area contributed by atoms with Crippen molar-refractivity contribution in [2.45, 2.75) is 33.6 Å². The molecule has 0 rings (SSSR count). The van der Waals surface area contributed by atoms with Crippen molar-refractivity contribution >= 4 is 11.8 Å². The predicted molar refractivity (Wildman–Crippen MR) is 59.9 cm³/mol. The molecule has 0 saturated heterocycles. The van der Waals surface area contributed by atoms with E-state index >= 15 is 0 Å². The first-order valence-electron chi connectivity index (χ1n) is 4.85. The van der Waals surface area contributed by atoms with Gasteiger partial charge in [0.25, 0.3) is 0 Å². The molecular weight excluding hydrogens is 166 g/mol. The average Bonchev–Trinajstić information content (AvgIpc) is 1.98. The molecule has 0 aliphatic carbocycles. The van der Waals surface area contributed by atoms with Crippen molar-refractivity contribution in [2.24, 2.45) is 5.41 Å². The fraction of sp³-hybridized carbons (Fsp3) is 1.00. The maximum Gasteiger partial charge on any atom is -0.0000483 e. The maximum atomic E-state index is 3.24. The molecule has 0 heterocycles. The van der Waals surface area contributed by atoms with Crippen LogP contribution in [0.25, 0.3) is 0 Å². The van der Waals surface area contributed by atoms with Gasteiger partial charge in [-0.05, 0) is 43.4 Å². The second kappa shape index (κ2) is 6.79. The summed E-state index contributed by atoms with van der Waals surface area (Å²) in [6.07, 6.45) is 2.69. The highest BCUT2D eigenvalue weighted by Gasteiger charge is 2.15. The highest BCUT2D eigenvalue weighted by atomic mass is 32.2. The quantitative estimate of drug-likeness (QED) is 0.618. The molecule has 74 valence electrons. The summed E-state index contributed by atoms with van der Waals surface area (Å²) in [7, 11) is 2.03. The van der Waals surface area contributed by atoms with Crippen LogP contribution in [-0.2, 0) is 0 Å². The Bertz CT molecular complexity index is 102. The van der Waals surface area contributed by atoms with Gasteiger partial charge < -0.3 is 5.32 Å². The van der Waals surface area contributed by atoms with Crippen molar-refractivity contribution in [2.75, 3.05) is 25.1 Å². The number of rotatable bonds is 7. The molecule has 0 aromatic heterocycles. The monoisotopic (exact) mass is 189 g/mol. The minimum atomic E-state index is 0.475. The largest absolute Gasteiger partial charge is 0.319 e. The molecule has 0 amide bonds. The van der Waals surface area contributed by atoms with Crippen molar-refractivity contribution in [1.82, 2.24) is 5.32 Å². The molecule has 0 aromatic rings. The third-order valence-electron chi connectivity index (χ3n) is 2.00. The Labute approximate surface area is 81.7 Å². The van der Waals surface area contributed by atoms with Crippen LogP contribution in [0.1, 0.15) is 33.6 Å². The molecule has 0 fully saturated rings. The van der Waals surface area contributed by atoms with Gasteiger partial charge in [-0.15, -0.1) is 0 Å². The number of nitrogens with one attached hydrogen (secondary N) is 1. The zero-order valence-electron chi connectivity index (χ0n) is 8.94. The molecule has 0 spiro atoms. The third-order valence-corrected chi connectivity index (χ3v) is 2.99. The van der Waals surface area contributed by atoms with Crippen LogP contribution in [0.4, 0.5) is 0 Å². The number of hydrogen-bond acceptors (Lipinski definition) is 2. The van der Waals surface area contributed by atoms with Crippen molar-refractivity contribution in [3.8, 4) is 0 Å². The molecule has 2 heteroatoms. The summed E-state index contributed by atoms with van der Waals surface area (Å²) >= 11 is 2.05. The van der Waals surface area contributed by atoms with E-state index in [9.17, 15) is 0 Å². The first-order valence-corrected chi connectivity index (χ1v) is 6.00. The first kappa shape index (κ1) is 12.3. The second-order valence-corrected chi connectivity index (χ2v) is 5.39. The van der Waals surface area contributed by atoms with Gasteiger partial charge in [0, 0.05) is 0 Å². The van der Waals surface area contributed by atoms with Gasteiger partial charge in [-0.3, -0.25) is 0 Å². The van der Waals surface area contributed by atoms with Gasteiger partial charge >= 0.3 is 0 Å². The molecule has 12 heavy (non-hydrogen) atoms. The van der Waals surface area contributed by atoms with Crippen LogP contribution in [0, 0.1) is 5.41 Å². The van der Waals surface area contributed by atoms with Crippen LogP contribution in [0.15, 0.2) is 0 Å². The summed E-state index contributed by atoms with van der Waals surface area (Å²) < 4.78 is 0. The fourth-order valence-corrected chi connectivity index (χ4v) is 2.00. The summed E-state index contributed by atoms with van der Waals surface area (Å²) in [5.74, 6) is 2.58. The molecule has 0 unspecified atom stereocenters. The van der Waals surface area contributed by atoms with Crippen LogP contribution in [0.3, 0.4) is 0 Å². The molecule has 0 aliphatic rings. The zero-order valence-corrected chi connectivity index (χ0v) is 9.76. The van der Waals surface area contributed by atoms with Crippen molar-refractivity contribution < 1.29 is 0 Å². The van der Waals surface area contributed by atoms with Crippen LogP contribution in [-0.4, -0.2) is 25.1 Å². The molecule has 1 nitrogen and oxygen atoms in total. The summed E-state index contributed by atoms with van der Waals surface area (Å²) in [5, 5.41) is 3.24. The van der Waals surface area contributed by atoms with E-state index in [1.165, 1.54) is 24.3 Å². The van der Waals surface area contributed by atoms with E-state index in [0.29, 0.717) is 5.41 Å². The Morgan fingerprint density at radius 1 is 1.33 bits per heavy atom. The lowest BCUT2D eigenvalue weighted by Crippen LogP contribution is -2.26. The van der Waals surface area contributed by atoms with Crippen LogP contribution >= 0.6 is 11.8 Å². The Morgan fingerprint density at radius 3 is 2.50 bits per heavy atom. The molecule has 0 radical (unpaired) electrons. The highest BCUT2D eigenvalue weighted by Crippen LogP contribution is 2.22. The van der Waals surface area contributed by atoms with Crippen molar-refractivity contribution in [3.05, 3.63) is 0 Å². The van der Waals surface area contributed by atoms with Crippen LogP contribution < -0.4 is 5.32 Å². The molecule has 1 N–H and O–H groups in total. The van der Waals surface area contributed by atoms with E-state index in [4.69, 9.17) is 0 Å². The van der Waals surface area contributed by atoms with Gasteiger partial charge in [0.2, 0.25) is 0 Å². The Balaban J connectivity index is 3.33. The standard InChI is InChI=1S/C10H23NS/c1-5-12-8-6-7-10(2,3)9-11-4/h11H,5-9H2,1-4H3. The summed E-state index contributed by atoms with van der Waals surface area (Å²) in [6.45, 7) is 8.02. The van der Waals surface area contributed by atoms with Crippen molar-refractivity contribution in [1.29, 1.82) is 0 Å². The van der Waals surface area contributed by atoms with E-state index in [2.05, 4.69) is 26.1 Å². The van der Waals surface area contributed by atoms with Crippen LogP contribution in [0.2, 0.25) is 0 Å². The van der Waals surface area contributed by atoms with E-state index in [-0.39, 0.29) is 0 Å². The normalized spacial score (nSPS) is 12.0. The molecule has 0 saturated carbocycles. The van der Waals surface area contributed by atoms with Crippen LogP contribution in [0.5, 0.6) is 0 Å². The summed E-state index contributed by atoms with van der Waals surface area (Å²) in [6, 6.07) is 0. The van der Waals surface area contributed by atoms with Gasteiger partial charge in [0.05, 0.1) is 0 Å². The lowest BCUT2D eigenvalue weighted by Gasteiger charge is -2.23. The minimum Gasteiger partial charge on any atom is -0.319 e. The summed E-state index contributed by atoms with van der Waals surface area (Å²) in [4.78, 5) is 0. The molecule has 0 atom stereocenters. The van der Waals surface area contributed by atoms with E-state index < -0.39 is 0 Å². The Kier molecular flexibility index (Phi) is 6.96. The smallest absolute Gasteiger partial charge is 0.0000483 e. The minimum absolute atomic E-state index is 0.475.